The van der Waals surface area contributed by atoms with Gasteiger partial charge in [0.05, 0.1) is 17.7 Å². The Morgan fingerprint density at radius 2 is 2.15 bits per heavy atom. The van der Waals surface area contributed by atoms with Crippen LogP contribution in [0.5, 0.6) is 5.75 Å². The van der Waals surface area contributed by atoms with Crippen LogP contribution < -0.4 is 4.74 Å². The quantitative estimate of drug-likeness (QED) is 0.850. The van der Waals surface area contributed by atoms with E-state index in [1.54, 1.807) is 7.11 Å². The van der Waals surface area contributed by atoms with E-state index in [1.165, 1.54) is 31.2 Å². The molecule has 0 amide bonds. The summed E-state index contributed by atoms with van der Waals surface area (Å²) in [6, 6.07) is 6.23. The van der Waals surface area contributed by atoms with E-state index in [1.807, 2.05) is 6.07 Å². The first kappa shape index (κ1) is 15.8. The summed E-state index contributed by atoms with van der Waals surface area (Å²) in [4.78, 5) is 0. The Morgan fingerprint density at radius 3 is 2.80 bits per heavy atom. The van der Waals surface area contributed by atoms with E-state index < -0.39 is 0 Å². The zero-order chi connectivity index (χ0) is 14.5. The number of ether oxygens (including phenoxy) is 1. The molecule has 0 spiro atoms. The number of aliphatic hydroxyl groups is 1. The first-order chi connectivity index (χ1) is 9.63. The highest BCUT2D eigenvalue weighted by Crippen LogP contribution is 2.35. The van der Waals surface area contributed by atoms with Crippen LogP contribution in [-0.2, 0) is 6.42 Å². The molecule has 0 radical (unpaired) electrons. The molecule has 20 heavy (non-hydrogen) atoms. The second kappa shape index (κ2) is 7.46. The van der Waals surface area contributed by atoms with Gasteiger partial charge in [0.1, 0.15) is 5.75 Å². The van der Waals surface area contributed by atoms with Gasteiger partial charge in [0.25, 0.3) is 0 Å². The standard InChI is InChI=1S/C17H25BrO2/c1-3-4-12-5-7-16(19)14(9-12)10-13-6-8-17(20-2)15(18)11-13/h6,8,11-12,14,16,19H,3-5,7,9-10H2,1-2H3. The average Bonchev–Trinajstić information content (AvgIpc) is 2.43. The maximum atomic E-state index is 10.2. The van der Waals surface area contributed by atoms with Crippen LogP contribution in [0.4, 0.5) is 0 Å². The van der Waals surface area contributed by atoms with Crippen molar-refractivity contribution in [3.8, 4) is 5.75 Å². The fraction of sp³-hybridized carbons (Fsp3) is 0.647. The first-order valence-corrected chi connectivity index (χ1v) is 8.43. The van der Waals surface area contributed by atoms with Gasteiger partial charge in [0.2, 0.25) is 0 Å². The summed E-state index contributed by atoms with van der Waals surface area (Å²) in [5.41, 5.74) is 1.28. The Balaban J connectivity index is 2.02. The van der Waals surface area contributed by atoms with Crippen LogP contribution in [0.2, 0.25) is 0 Å². The predicted molar refractivity (Wildman–Crippen MR) is 86.1 cm³/mol. The molecule has 2 nitrogen and oxygen atoms in total. The Kier molecular flexibility index (Phi) is 5.91. The molecule has 0 heterocycles. The lowest BCUT2D eigenvalue weighted by Crippen LogP contribution is -2.30. The van der Waals surface area contributed by atoms with Gasteiger partial charge in [-0.3, -0.25) is 0 Å². The lowest BCUT2D eigenvalue weighted by atomic mass is 9.75. The van der Waals surface area contributed by atoms with Gasteiger partial charge < -0.3 is 9.84 Å². The molecule has 0 bridgehead atoms. The van der Waals surface area contributed by atoms with E-state index >= 15 is 0 Å². The van der Waals surface area contributed by atoms with Crippen LogP contribution in [0, 0.1) is 11.8 Å². The second-order valence-electron chi connectivity index (χ2n) is 5.97. The minimum atomic E-state index is -0.135. The van der Waals surface area contributed by atoms with Gasteiger partial charge in [-0.05, 0) is 71.1 Å². The molecule has 2 rings (SSSR count). The summed E-state index contributed by atoms with van der Waals surface area (Å²) in [6.07, 6.45) is 6.70. The van der Waals surface area contributed by atoms with Crippen molar-refractivity contribution >= 4 is 15.9 Å². The molecule has 0 aliphatic heterocycles. The van der Waals surface area contributed by atoms with Crippen LogP contribution in [-0.4, -0.2) is 18.3 Å². The monoisotopic (exact) mass is 340 g/mol. The summed E-state index contributed by atoms with van der Waals surface area (Å²) in [5, 5.41) is 10.2. The third-order valence-electron chi connectivity index (χ3n) is 4.46. The van der Waals surface area contributed by atoms with E-state index in [4.69, 9.17) is 4.74 Å². The average molecular weight is 341 g/mol. The van der Waals surface area contributed by atoms with Gasteiger partial charge in [0.15, 0.2) is 0 Å². The zero-order valence-corrected chi connectivity index (χ0v) is 14.0. The first-order valence-electron chi connectivity index (χ1n) is 7.64. The van der Waals surface area contributed by atoms with Crippen molar-refractivity contribution in [2.75, 3.05) is 7.11 Å². The van der Waals surface area contributed by atoms with Crippen molar-refractivity contribution in [3.05, 3.63) is 28.2 Å². The molecule has 1 aromatic carbocycles. The normalized spacial score (nSPS) is 26.5. The van der Waals surface area contributed by atoms with E-state index in [2.05, 4.69) is 35.0 Å². The third kappa shape index (κ3) is 3.98. The summed E-state index contributed by atoms with van der Waals surface area (Å²) < 4.78 is 6.26. The van der Waals surface area contributed by atoms with E-state index in [0.717, 1.165) is 29.0 Å². The number of methoxy groups -OCH3 is 1. The molecule has 1 N–H and O–H groups in total. The number of benzene rings is 1. The molecule has 1 fully saturated rings. The Morgan fingerprint density at radius 1 is 1.35 bits per heavy atom. The Hall–Kier alpha value is -0.540. The number of hydrogen-bond donors (Lipinski definition) is 1. The van der Waals surface area contributed by atoms with E-state index in [9.17, 15) is 5.11 Å². The Bertz CT molecular complexity index is 433. The van der Waals surface area contributed by atoms with Crippen molar-refractivity contribution in [2.24, 2.45) is 11.8 Å². The molecule has 3 heteroatoms. The van der Waals surface area contributed by atoms with Crippen LogP contribution in [0.3, 0.4) is 0 Å². The zero-order valence-electron chi connectivity index (χ0n) is 12.4. The van der Waals surface area contributed by atoms with Gasteiger partial charge in [0, 0.05) is 0 Å². The molecule has 0 aromatic heterocycles. The molecule has 3 atom stereocenters. The maximum absolute atomic E-state index is 10.2. The molecule has 1 saturated carbocycles. The highest BCUT2D eigenvalue weighted by molar-refractivity contribution is 9.10. The van der Waals surface area contributed by atoms with Crippen LogP contribution in [0.25, 0.3) is 0 Å². The van der Waals surface area contributed by atoms with Crippen LogP contribution in [0.15, 0.2) is 22.7 Å². The lowest BCUT2D eigenvalue weighted by molar-refractivity contribution is 0.0463. The van der Waals surface area contributed by atoms with Gasteiger partial charge >= 0.3 is 0 Å². The van der Waals surface area contributed by atoms with Gasteiger partial charge in [-0.2, -0.15) is 0 Å². The molecule has 1 aromatic rings. The largest absolute Gasteiger partial charge is 0.496 e. The van der Waals surface area contributed by atoms with Crippen LogP contribution >= 0.6 is 15.9 Å². The SMILES string of the molecule is CCCC1CCC(O)C(Cc2ccc(OC)c(Br)c2)C1. The van der Waals surface area contributed by atoms with Crippen molar-refractivity contribution in [1.29, 1.82) is 0 Å². The summed E-state index contributed by atoms with van der Waals surface area (Å²) in [6.45, 7) is 2.25. The molecule has 1 aliphatic carbocycles. The highest BCUT2D eigenvalue weighted by Gasteiger charge is 2.28. The van der Waals surface area contributed by atoms with Gasteiger partial charge in [-0.1, -0.05) is 25.8 Å². The fourth-order valence-corrected chi connectivity index (χ4v) is 3.96. The van der Waals surface area contributed by atoms with E-state index in [-0.39, 0.29) is 6.10 Å². The number of halogens is 1. The number of hydrogen-bond acceptors (Lipinski definition) is 2. The minimum absolute atomic E-state index is 0.135. The molecule has 1 aliphatic rings. The predicted octanol–water partition coefficient (Wildman–Crippen LogP) is 4.58. The van der Waals surface area contributed by atoms with Gasteiger partial charge in [-0.25, -0.2) is 0 Å². The minimum Gasteiger partial charge on any atom is -0.496 e. The van der Waals surface area contributed by atoms with Crippen molar-refractivity contribution in [2.45, 2.75) is 51.6 Å². The summed E-state index contributed by atoms with van der Waals surface area (Å²) >= 11 is 3.54. The number of rotatable bonds is 5. The molecular formula is C17H25BrO2. The van der Waals surface area contributed by atoms with E-state index in [0.29, 0.717) is 5.92 Å². The smallest absolute Gasteiger partial charge is 0.133 e. The van der Waals surface area contributed by atoms with Crippen molar-refractivity contribution < 1.29 is 9.84 Å². The third-order valence-corrected chi connectivity index (χ3v) is 5.08. The summed E-state index contributed by atoms with van der Waals surface area (Å²) in [7, 11) is 1.68. The van der Waals surface area contributed by atoms with Crippen LogP contribution in [0.1, 0.15) is 44.6 Å². The topological polar surface area (TPSA) is 29.5 Å². The fourth-order valence-electron chi connectivity index (χ4n) is 3.37. The van der Waals surface area contributed by atoms with Crippen molar-refractivity contribution in [3.63, 3.8) is 0 Å². The maximum Gasteiger partial charge on any atom is 0.133 e. The molecular weight excluding hydrogens is 316 g/mol. The molecule has 0 saturated heterocycles. The Labute approximate surface area is 130 Å². The molecule has 112 valence electrons. The lowest BCUT2D eigenvalue weighted by Gasteiger charge is -2.33. The second-order valence-corrected chi connectivity index (χ2v) is 6.82. The number of aliphatic hydroxyl groups excluding tert-OH is 1. The van der Waals surface area contributed by atoms with Crippen molar-refractivity contribution in [1.82, 2.24) is 0 Å². The molecule has 3 unspecified atom stereocenters. The van der Waals surface area contributed by atoms with Gasteiger partial charge in [-0.15, -0.1) is 0 Å². The highest BCUT2D eigenvalue weighted by atomic mass is 79.9. The summed E-state index contributed by atoms with van der Waals surface area (Å²) in [5.74, 6) is 2.07.